The number of carbonyl (C=O) groups is 1. The van der Waals surface area contributed by atoms with Crippen molar-refractivity contribution in [2.45, 2.75) is 20.0 Å². The number of rotatable bonds is 4. The van der Waals surface area contributed by atoms with Crippen molar-refractivity contribution in [3.63, 3.8) is 0 Å². The Bertz CT molecular complexity index is 837. The molecule has 138 valence electrons. The number of hydrogen-bond acceptors (Lipinski definition) is 4. The summed E-state index contributed by atoms with van der Waals surface area (Å²) < 4.78 is 1.49. The van der Waals surface area contributed by atoms with E-state index >= 15 is 0 Å². The fourth-order valence-corrected chi connectivity index (χ4v) is 3.08. The van der Waals surface area contributed by atoms with Crippen molar-refractivity contribution in [2.75, 3.05) is 26.2 Å². The molecule has 1 fully saturated rings. The predicted octanol–water partition coefficient (Wildman–Crippen LogP) is 1.71. The Hall–Kier alpha value is -2.80. The van der Waals surface area contributed by atoms with E-state index in [1.165, 1.54) is 9.47 Å². The van der Waals surface area contributed by atoms with Crippen molar-refractivity contribution < 1.29 is 15.0 Å². The molecular formula is C19H23N3O4. The van der Waals surface area contributed by atoms with Gasteiger partial charge >= 0.3 is 6.09 Å². The number of amides is 1. The zero-order valence-corrected chi connectivity index (χ0v) is 14.8. The Morgan fingerprint density at radius 1 is 1.04 bits per heavy atom. The maximum absolute atomic E-state index is 12.5. The summed E-state index contributed by atoms with van der Waals surface area (Å²) in [5.41, 5.74) is 2.31. The lowest BCUT2D eigenvalue weighted by atomic mass is 10.1. The molecule has 1 aromatic carbocycles. The molecule has 1 aromatic heterocycles. The van der Waals surface area contributed by atoms with Gasteiger partial charge in [-0.3, -0.25) is 9.69 Å². The lowest BCUT2D eigenvalue weighted by Crippen LogP contribution is -2.47. The smallest absolute Gasteiger partial charge is 0.407 e. The van der Waals surface area contributed by atoms with Crippen molar-refractivity contribution in [3.8, 4) is 5.75 Å². The Morgan fingerprint density at radius 3 is 2.31 bits per heavy atom. The van der Waals surface area contributed by atoms with Gasteiger partial charge in [0.1, 0.15) is 0 Å². The van der Waals surface area contributed by atoms with E-state index in [0.717, 1.165) is 11.1 Å². The Morgan fingerprint density at radius 2 is 1.69 bits per heavy atom. The summed E-state index contributed by atoms with van der Waals surface area (Å²) in [5.74, 6) is -0.236. The molecule has 1 aliphatic heterocycles. The van der Waals surface area contributed by atoms with Gasteiger partial charge < -0.3 is 19.7 Å². The van der Waals surface area contributed by atoms with Crippen LogP contribution in [0.25, 0.3) is 0 Å². The van der Waals surface area contributed by atoms with Crippen LogP contribution in [0.1, 0.15) is 16.7 Å². The standard InChI is InChI=1S/C19H23N3O4/c1-14-2-4-15(5-3-14)12-22-7-6-16(17(23)18(22)24)13-20-8-10-21(11-9-20)19(25)26/h2-7,23H,8-13H2,1H3,(H,25,26). The molecule has 0 radical (unpaired) electrons. The first kappa shape index (κ1) is 18.0. The summed E-state index contributed by atoms with van der Waals surface area (Å²) in [5, 5.41) is 19.3. The minimum Gasteiger partial charge on any atom is -0.503 e. The minimum absolute atomic E-state index is 0.236. The molecule has 2 N–H and O–H groups in total. The van der Waals surface area contributed by atoms with E-state index in [9.17, 15) is 14.7 Å². The van der Waals surface area contributed by atoms with Crippen LogP contribution < -0.4 is 5.56 Å². The normalized spacial score (nSPS) is 15.2. The quantitative estimate of drug-likeness (QED) is 0.870. The predicted molar refractivity (Wildman–Crippen MR) is 97.5 cm³/mol. The van der Waals surface area contributed by atoms with Crippen molar-refractivity contribution in [1.29, 1.82) is 0 Å². The zero-order chi connectivity index (χ0) is 18.7. The average molecular weight is 357 g/mol. The Balaban J connectivity index is 1.69. The molecule has 2 heterocycles. The molecule has 0 bridgehead atoms. The van der Waals surface area contributed by atoms with Crippen LogP contribution >= 0.6 is 0 Å². The van der Waals surface area contributed by atoms with Crippen molar-refractivity contribution in [2.24, 2.45) is 0 Å². The van der Waals surface area contributed by atoms with Crippen LogP contribution in [0.5, 0.6) is 5.75 Å². The summed E-state index contributed by atoms with van der Waals surface area (Å²) >= 11 is 0. The maximum Gasteiger partial charge on any atom is 0.407 e. The molecule has 26 heavy (non-hydrogen) atoms. The first-order chi connectivity index (χ1) is 12.4. The fraction of sp³-hybridized carbons (Fsp3) is 0.368. The number of piperazine rings is 1. The molecule has 0 spiro atoms. The third kappa shape index (κ3) is 4.05. The summed E-state index contributed by atoms with van der Waals surface area (Å²) in [4.78, 5) is 26.8. The second kappa shape index (κ2) is 7.61. The molecule has 7 heteroatoms. The van der Waals surface area contributed by atoms with Gasteiger partial charge in [0.15, 0.2) is 5.75 Å². The van der Waals surface area contributed by atoms with E-state index < -0.39 is 11.7 Å². The first-order valence-electron chi connectivity index (χ1n) is 8.61. The number of nitrogens with zero attached hydrogens (tertiary/aromatic N) is 3. The molecule has 1 saturated heterocycles. The van der Waals surface area contributed by atoms with Gasteiger partial charge in [0.05, 0.1) is 6.54 Å². The van der Waals surface area contributed by atoms with Crippen LogP contribution in [-0.4, -0.2) is 56.9 Å². The second-order valence-electron chi connectivity index (χ2n) is 6.65. The SMILES string of the molecule is Cc1ccc(Cn2ccc(CN3CCN(C(=O)O)CC3)c(O)c2=O)cc1. The Labute approximate surface area is 151 Å². The molecule has 0 aliphatic carbocycles. The van der Waals surface area contributed by atoms with E-state index in [4.69, 9.17) is 5.11 Å². The number of aromatic hydroxyl groups is 1. The molecule has 1 amide bonds. The van der Waals surface area contributed by atoms with Crippen LogP contribution in [0.2, 0.25) is 0 Å². The topological polar surface area (TPSA) is 86.0 Å². The van der Waals surface area contributed by atoms with E-state index in [0.29, 0.717) is 44.8 Å². The molecule has 0 saturated carbocycles. The maximum atomic E-state index is 12.5. The third-order valence-electron chi connectivity index (χ3n) is 4.73. The first-order valence-corrected chi connectivity index (χ1v) is 8.61. The van der Waals surface area contributed by atoms with Gasteiger partial charge in [-0.15, -0.1) is 0 Å². The summed E-state index contributed by atoms with van der Waals surface area (Å²) in [7, 11) is 0. The lowest BCUT2D eigenvalue weighted by molar-refractivity contribution is 0.102. The van der Waals surface area contributed by atoms with E-state index in [1.54, 1.807) is 12.3 Å². The average Bonchev–Trinajstić information content (AvgIpc) is 2.63. The highest BCUT2D eigenvalue weighted by Gasteiger charge is 2.21. The molecule has 0 unspecified atom stereocenters. The molecule has 2 aromatic rings. The number of aromatic nitrogens is 1. The fourth-order valence-electron chi connectivity index (χ4n) is 3.08. The van der Waals surface area contributed by atoms with Gasteiger partial charge in [-0.1, -0.05) is 29.8 Å². The van der Waals surface area contributed by atoms with Gasteiger partial charge in [0.25, 0.3) is 5.56 Å². The lowest BCUT2D eigenvalue weighted by Gasteiger charge is -2.33. The monoisotopic (exact) mass is 357 g/mol. The van der Waals surface area contributed by atoms with Gasteiger partial charge in [-0.25, -0.2) is 4.79 Å². The van der Waals surface area contributed by atoms with E-state index in [2.05, 4.69) is 0 Å². The molecule has 7 nitrogen and oxygen atoms in total. The molecule has 0 atom stereocenters. The van der Waals surface area contributed by atoms with Crippen molar-refractivity contribution >= 4 is 6.09 Å². The van der Waals surface area contributed by atoms with E-state index in [1.807, 2.05) is 36.1 Å². The van der Waals surface area contributed by atoms with Crippen molar-refractivity contribution in [1.82, 2.24) is 14.4 Å². The molecule has 1 aliphatic rings. The van der Waals surface area contributed by atoms with Gasteiger partial charge in [0, 0.05) is 44.5 Å². The van der Waals surface area contributed by atoms with Crippen LogP contribution in [0.15, 0.2) is 41.3 Å². The van der Waals surface area contributed by atoms with Crippen LogP contribution in [0.4, 0.5) is 4.79 Å². The highest BCUT2D eigenvalue weighted by molar-refractivity contribution is 5.65. The summed E-state index contributed by atoms with van der Waals surface area (Å²) in [6.45, 7) is 4.87. The van der Waals surface area contributed by atoms with Gasteiger partial charge in [-0.2, -0.15) is 0 Å². The summed E-state index contributed by atoms with van der Waals surface area (Å²) in [6, 6.07) is 9.68. The number of hydrogen-bond donors (Lipinski definition) is 2. The molecular weight excluding hydrogens is 334 g/mol. The van der Waals surface area contributed by atoms with Crippen molar-refractivity contribution in [3.05, 3.63) is 63.6 Å². The van der Waals surface area contributed by atoms with Crippen LogP contribution in [0.3, 0.4) is 0 Å². The third-order valence-corrected chi connectivity index (χ3v) is 4.73. The van der Waals surface area contributed by atoms with Gasteiger partial charge in [-0.05, 0) is 18.6 Å². The molecule has 3 rings (SSSR count). The Kier molecular flexibility index (Phi) is 5.27. The van der Waals surface area contributed by atoms with Gasteiger partial charge in [0.2, 0.25) is 0 Å². The highest BCUT2D eigenvalue weighted by Crippen LogP contribution is 2.16. The van der Waals surface area contributed by atoms with E-state index in [-0.39, 0.29) is 5.75 Å². The minimum atomic E-state index is -0.911. The zero-order valence-electron chi connectivity index (χ0n) is 14.8. The number of carboxylic acid groups (broad SMARTS) is 1. The van der Waals surface area contributed by atoms with Crippen LogP contribution in [0, 0.1) is 6.92 Å². The highest BCUT2D eigenvalue weighted by atomic mass is 16.4. The number of aryl methyl sites for hydroxylation is 1. The largest absolute Gasteiger partial charge is 0.503 e. The van der Waals surface area contributed by atoms with Crippen LogP contribution in [-0.2, 0) is 13.1 Å². The second-order valence-corrected chi connectivity index (χ2v) is 6.65. The number of benzene rings is 1. The summed E-state index contributed by atoms with van der Waals surface area (Å²) in [6.07, 6.45) is 0.788. The number of pyridine rings is 1.